The van der Waals surface area contributed by atoms with Crippen molar-refractivity contribution in [3.8, 4) is 11.5 Å². The maximum atomic E-state index is 11.8. The summed E-state index contributed by atoms with van der Waals surface area (Å²) in [4.78, 5) is 11.8. The van der Waals surface area contributed by atoms with E-state index in [2.05, 4.69) is 5.32 Å². The molecule has 1 aliphatic rings. The van der Waals surface area contributed by atoms with E-state index in [1.807, 2.05) is 0 Å². The molecule has 0 aliphatic carbocycles. The predicted octanol–water partition coefficient (Wildman–Crippen LogP) is 2.17. The normalized spacial score (nSPS) is 14.3. The first-order valence-electron chi connectivity index (χ1n) is 8.35. The van der Waals surface area contributed by atoms with Crippen molar-refractivity contribution >= 4 is 17.5 Å². The van der Waals surface area contributed by atoms with Crippen LogP contribution in [-0.4, -0.2) is 37.3 Å². The topological polar surface area (TPSA) is 93.8 Å². The molecule has 134 valence electrons. The van der Waals surface area contributed by atoms with Gasteiger partial charge < -0.3 is 25.6 Å². The second-order valence-corrected chi connectivity index (χ2v) is 6.21. The van der Waals surface area contributed by atoms with Crippen LogP contribution in [0.5, 0.6) is 11.5 Å². The number of unbranched alkanes of at least 4 members (excludes halogenated alkanes) is 3. The van der Waals surface area contributed by atoms with Gasteiger partial charge >= 0.3 is 0 Å². The van der Waals surface area contributed by atoms with Gasteiger partial charge in [-0.05, 0) is 37.1 Å². The minimum absolute atomic E-state index is 0.0644. The Bertz CT molecular complexity index is 554. The number of nitrogens with two attached hydrogens (primary N) is 1. The first-order chi connectivity index (χ1) is 11.6. The fraction of sp³-hybridized carbons (Fsp3) is 0.588. The van der Waals surface area contributed by atoms with Crippen LogP contribution in [0.1, 0.15) is 43.8 Å². The summed E-state index contributed by atoms with van der Waals surface area (Å²) in [6.07, 6.45) is 3.47. The lowest BCUT2D eigenvalue weighted by Crippen LogP contribution is -2.28. The third kappa shape index (κ3) is 5.54. The number of benzene rings is 1. The Hall–Kier alpha value is -1.50. The van der Waals surface area contributed by atoms with Crippen molar-refractivity contribution in [2.75, 3.05) is 26.3 Å². The lowest BCUT2D eigenvalue weighted by molar-refractivity contribution is -0.121. The number of carbonyl (C=O) groups is 1. The van der Waals surface area contributed by atoms with Crippen LogP contribution in [0.3, 0.4) is 0 Å². The summed E-state index contributed by atoms with van der Waals surface area (Å²) < 4.78 is 10.9. The van der Waals surface area contributed by atoms with Crippen LogP contribution in [0.25, 0.3) is 0 Å². The zero-order chi connectivity index (χ0) is 17.4. The van der Waals surface area contributed by atoms with Crippen LogP contribution in [0.15, 0.2) is 12.1 Å². The van der Waals surface area contributed by atoms with Gasteiger partial charge in [0.15, 0.2) is 11.5 Å². The Morgan fingerprint density at radius 3 is 2.79 bits per heavy atom. The second-order valence-electron chi connectivity index (χ2n) is 5.80. The summed E-state index contributed by atoms with van der Waals surface area (Å²) >= 11 is 6.15. The minimum Gasteiger partial charge on any atom is -0.486 e. The van der Waals surface area contributed by atoms with Crippen LogP contribution >= 0.6 is 11.6 Å². The van der Waals surface area contributed by atoms with Crippen LogP contribution in [0.2, 0.25) is 5.02 Å². The molecule has 0 spiro atoms. The molecule has 0 bridgehead atoms. The van der Waals surface area contributed by atoms with E-state index < -0.39 is 6.10 Å². The molecule has 1 aromatic carbocycles. The maximum absolute atomic E-state index is 11.8. The van der Waals surface area contributed by atoms with E-state index >= 15 is 0 Å². The van der Waals surface area contributed by atoms with E-state index in [1.54, 1.807) is 12.1 Å². The summed E-state index contributed by atoms with van der Waals surface area (Å²) in [5.41, 5.74) is 6.02. The molecule has 1 aromatic rings. The summed E-state index contributed by atoms with van der Waals surface area (Å²) in [6, 6.07) is 3.34. The summed E-state index contributed by atoms with van der Waals surface area (Å²) in [5, 5.41) is 13.4. The third-order valence-corrected chi connectivity index (χ3v) is 4.14. The van der Waals surface area contributed by atoms with Gasteiger partial charge in [-0.25, -0.2) is 0 Å². The molecule has 4 N–H and O–H groups in total. The highest BCUT2D eigenvalue weighted by Crippen LogP contribution is 2.39. The van der Waals surface area contributed by atoms with E-state index in [9.17, 15) is 9.90 Å². The van der Waals surface area contributed by atoms with Gasteiger partial charge in [-0.15, -0.1) is 0 Å². The van der Waals surface area contributed by atoms with Gasteiger partial charge in [-0.2, -0.15) is 0 Å². The van der Waals surface area contributed by atoms with Gasteiger partial charge in [0, 0.05) is 13.0 Å². The number of aliphatic hydroxyl groups is 1. The first kappa shape index (κ1) is 18.8. The largest absolute Gasteiger partial charge is 0.486 e. The van der Waals surface area contributed by atoms with E-state index in [1.165, 1.54) is 0 Å². The average molecular weight is 357 g/mol. The molecule has 0 saturated heterocycles. The van der Waals surface area contributed by atoms with Gasteiger partial charge in [-0.3, -0.25) is 4.79 Å². The van der Waals surface area contributed by atoms with Gasteiger partial charge in [0.25, 0.3) is 0 Å². The summed E-state index contributed by atoms with van der Waals surface area (Å²) in [6.45, 7) is 1.73. The minimum atomic E-state index is -0.848. The van der Waals surface area contributed by atoms with Crippen molar-refractivity contribution in [2.45, 2.75) is 38.2 Å². The van der Waals surface area contributed by atoms with Crippen LogP contribution in [0, 0.1) is 0 Å². The Morgan fingerprint density at radius 2 is 2.00 bits per heavy atom. The molecule has 1 amide bonds. The number of amides is 1. The lowest BCUT2D eigenvalue weighted by Gasteiger charge is -2.21. The van der Waals surface area contributed by atoms with Gasteiger partial charge in [0.05, 0.1) is 11.1 Å². The molecule has 0 aromatic heterocycles. The third-order valence-electron chi connectivity index (χ3n) is 3.85. The van der Waals surface area contributed by atoms with Gasteiger partial charge in [0.1, 0.15) is 13.2 Å². The zero-order valence-corrected chi connectivity index (χ0v) is 14.5. The Kier molecular flexibility index (Phi) is 7.62. The summed E-state index contributed by atoms with van der Waals surface area (Å²) in [7, 11) is 0. The Morgan fingerprint density at radius 1 is 1.25 bits per heavy atom. The summed E-state index contributed by atoms with van der Waals surface area (Å²) in [5.74, 6) is 0.958. The fourth-order valence-electron chi connectivity index (χ4n) is 2.52. The predicted molar refractivity (Wildman–Crippen MR) is 92.6 cm³/mol. The number of carbonyl (C=O) groups excluding carboxylic acids is 1. The molecule has 7 heteroatoms. The highest BCUT2D eigenvalue weighted by atomic mass is 35.5. The van der Waals surface area contributed by atoms with Crippen molar-refractivity contribution in [1.82, 2.24) is 5.32 Å². The number of rotatable bonds is 9. The van der Waals surface area contributed by atoms with E-state index in [-0.39, 0.29) is 12.5 Å². The number of hydrogen-bond acceptors (Lipinski definition) is 5. The molecule has 2 rings (SSSR count). The standard InChI is InChI=1S/C17H25ClN2O4/c18-13-9-12(10-15-17(13)24-8-7-23-15)14(21)11-20-16(22)5-3-1-2-4-6-19/h9-10,14,21H,1-8,11,19H2,(H,20,22). The number of ether oxygens (including phenoxy) is 2. The van der Waals surface area contributed by atoms with Crippen LogP contribution in [0.4, 0.5) is 0 Å². The van der Waals surface area contributed by atoms with Crippen molar-refractivity contribution in [3.05, 3.63) is 22.7 Å². The lowest BCUT2D eigenvalue weighted by atomic mass is 10.1. The quantitative estimate of drug-likeness (QED) is 0.589. The molecule has 6 nitrogen and oxygen atoms in total. The number of nitrogens with one attached hydrogen (secondary N) is 1. The molecule has 0 radical (unpaired) electrons. The number of hydrogen-bond donors (Lipinski definition) is 3. The fourth-order valence-corrected chi connectivity index (χ4v) is 2.80. The second kappa shape index (κ2) is 9.71. The SMILES string of the molecule is NCCCCCCC(=O)NCC(O)c1cc(Cl)c2c(c1)OCCO2. The zero-order valence-electron chi connectivity index (χ0n) is 13.7. The highest BCUT2D eigenvalue weighted by molar-refractivity contribution is 6.32. The number of aliphatic hydroxyl groups excluding tert-OH is 1. The molecule has 1 aliphatic heterocycles. The van der Waals surface area contributed by atoms with Crippen LogP contribution in [-0.2, 0) is 4.79 Å². The van der Waals surface area contributed by atoms with Crippen molar-refractivity contribution in [3.63, 3.8) is 0 Å². The molecule has 0 fully saturated rings. The first-order valence-corrected chi connectivity index (χ1v) is 8.73. The van der Waals surface area contributed by atoms with Crippen LogP contribution < -0.4 is 20.5 Å². The van der Waals surface area contributed by atoms with E-state index in [4.69, 9.17) is 26.8 Å². The molecule has 1 unspecified atom stereocenters. The molecule has 0 saturated carbocycles. The monoisotopic (exact) mass is 356 g/mol. The van der Waals surface area contributed by atoms with Crippen molar-refractivity contribution in [2.24, 2.45) is 5.73 Å². The number of halogens is 1. The maximum Gasteiger partial charge on any atom is 0.220 e. The molecular formula is C17H25ClN2O4. The molecule has 1 atom stereocenters. The van der Waals surface area contributed by atoms with E-state index in [0.29, 0.717) is 48.3 Å². The average Bonchev–Trinajstić information content (AvgIpc) is 2.59. The van der Waals surface area contributed by atoms with E-state index in [0.717, 1.165) is 25.7 Å². The number of fused-ring (bicyclic) bond motifs is 1. The van der Waals surface area contributed by atoms with Gasteiger partial charge in [-0.1, -0.05) is 24.4 Å². The Labute approximate surface area is 147 Å². The Balaban J connectivity index is 1.79. The smallest absolute Gasteiger partial charge is 0.220 e. The highest BCUT2D eigenvalue weighted by Gasteiger charge is 2.19. The molecule has 1 heterocycles. The molecular weight excluding hydrogens is 332 g/mol. The molecule has 24 heavy (non-hydrogen) atoms. The van der Waals surface area contributed by atoms with Gasteiger partial charge in [0.2, 0.25) is 5.91 Å². The van der Waals surface area contributed by atoms with Crippen molar-refractivity contribution < 1.29 is 19.4 Å². The van der Waals surface area contributed by atoms with Crippen molar-refractivity contribution in [1.29, 1.82) is 0 Å².